The monoisotopic (exact) mass is 439 g/mol. The fraction of sp³-hybridized carbons (Fsp3) is 0.267. The largest absolute Gasteiger partial charge is 0.397 e. The summed E-state index contributed by atoms with van der Waals surface area (Å²) in [6.45, 7) is 0.776. The Morgan fingerprint density at radius 1 is 1.18 bits per heavy atom. The number of halogens is 6. The van der Waals surface area contributed by atoms with Crippen molar-refractivity contribution in [1.82, 2.24) is 19.6 Å². The number of nitrogens with zero attached hydrogens (tertiary/aromatic N) is 4. The number of hydrogen-bond acceptors (Lipinski definition) is 5. The molecule has 0 bridgehead atoms. The van der Waals surface area contributed by atoms with Gasteiger partial charge in [-0.25, -0.2) is 8.78 Å². The van der Waals surface area contributed by atoms with Crippen molar-refractivity contribution in [1.29, 1.82) is 0 Å². The minimum absolute atomic E-state index is 0.181. The summed E-state index contributed by atoms with van der Waals surface area (Å²) >= 11 is 6.00. The average Bonchev–Trinajstić information content (AvgIpc) is 2.92. The van der Waals surface area contributed by atoms with Crippen LogP contribution in [0.4, 0.5) is 27.9 Å². The van der Waals surface area contributed by atoms with Crippen LogP contribution in [0.2, 0.25) is 5.15 Å². The van der Waals surface area contributed by atoms with Crippen LogP contribution in [0.25, 0.3) is 16.9 Å². The molecule has 0 aliphatic rings. The molecule has 2 heterocycles. The number of aromatic nitrogens is 4. The normalized spacial score (nSPS) is 14.4. The van der Waals surface area contributed by atoms with Gasteiger partial charge in [-0.1, -0.05) is 11.6 Å². The number of nitrogen functional groups attached to an aromatic ring is 1. The first-order valence-corrected chi connectivity index (χ1v) is 9.46. The van der Waals surface area contributed by atoms with E-state index in [1.165, 1.54) is 6.26 Å². The predicted octanol–water partition coefficient (Wildman–Crippen LogP) is 3.71. The highest BCUT2D eigenvalue weighted by Crippen LogP contribution is 2.43. The van der Waals surface area contributed by atoms with Gasteiger partial charge in [0, 0.05) is 27.5 Å². The van der Waals surface area contributed by atoms with Crippen molar-refractivity contribution >= 4 is 34.1 Å². The second-order valence-corrected chi connectivity index (χ2v) is 7.56. The molecule has 3 rings (SSSR count). The van der Waals surface area contributed by atoms with Crippen molar-refractivity contribution in [3.8, 4) is 11.1 Å². The molecule has 1 aromatic carbocycles. The van der Waals surface area contributed by atoms with Crippen LogP contribution in [0.3, 0.4) is 0 Å². The number of fused-ring (bicyclic) bond motifs is 1. The van der Waals surface area contributed by atoms with Gasteiger partial charge >= 0.3 is 6.18 Å². The van der Waals surface area contributed by atoms with E-state index in [2.05, 4.69) is 15.1 Å². The van der Waals surface area contributed by atoms with E-state index in [9.17, 15) is 26.2 Å². The van der Waals surface area contributed by atoms with Gasteiger partial charge in [-0.3, -0.25) is 4.21 Å². The fourth-order valence-corrected chi connectivity index (χ4v) is 3.46. The van der Waals surface area contributed by atoms with Crippen LogP contribution < -0.4 is 5.73 Å². The number of anilines is 1. The Morgan fingerprint density at radius 2 is 1.75 bits per heavy atom. The van der Waals surface area contributed by atoms with E-state index in [1.807, 2.05) is 0 Å². The van der Waals surface area contributed by atoms with Crippen molar-refractivity contribution < 1.29 is 26.2 Å². The molecule has 6 nitrogen and oxygen atoms in total. The van der Waals surface area contributed by atoms with Gasteiger partial charge < -0.3 is 5.73 Å². The number of rotatable bonds is 3. The first kappa shape index (κ1) is 20.4. The SMILES string of the molecule is CC(c1c(-c2c(F)cc(S(C)=O)cc2F)c(Cl)nc2nc(N)nn12)C(F)(F)F. The molecule has 0 saturated carbocycles. The fourth-order valence-electron chi connectivity index (χ4n) is 2.65. The molecular weight excluding hydrogens is 429 g/mol. The number of hydrogen-bond donors (Lipinski definition) is 1. The van der Waals surface area contributed by atoms with Gasteiger partial charge in [-0.15, -0.1) is 5.10 Å². The van der Waals surface area contributed by atoms with Crippen LogP contribution in [-0.2, 0) is 10.8 Å². The Hall–Kier alpha value is -2.34. The summed E-state index contributed by atoms with van der Waals surface area (Å²) in [5.74, 6) is -5.50. The molecule has 0 aliphatic heterocycles. The third-order valence-corrected chi connectivity index (χ3v) is 5.17. The molecule has 0 saturated heterocycles. The summed E-state index contributed by atoms with van der Waals surface area (Å²) in [6, 6.07) is 1.51. The van der Waals surface area contributed by atoms with Gasteiger partial charge in [0.05, 0.1) is 17.2 Å². The highest BCUT2D eigenvalue weighted by molar-refractivity contribution is 7.84. The van der Waals surface area contributed by atoms with Crippen LogP contribution in [0.1, 0.15) is 18.5 Å². The molecule has 2 aromatic heterocycles. The molecular formula is C15H11ClF5N5OS. The molecule has 0 fully saturated rings. The number of alkyl halides is 3. The van der Waals surface area contributed by atoms with E-state index in [0.29, 0.717) is 4.52 Å². The highest BCUT2D eigenvalue weighted by atomic mass is 35.5. The summed E-state index contributed by atoms with van der Waals surface area (Å²) in [6.07, 6.45) is -3.60. The lowest BCUT2D eigenvalue weighted by Crippen LogP contribution is -2.22. The highest BCUT2D eigenvalue weighted by Gasteiger charge is 2.42. The van der Waals surface area contributed by atoms with Crippen LogP contribution in [0.15, 0.2) is 17.0 Å². The van der Waals surface area contributed by atoms with Crippen LogP contribution in [0.5, 0.6) is 0 Å². The maximum atomic E-state index is 14.7. The standard InChI is InChI=1S/C15H11ClF5N5OS/c1-5(15(19,20)21)11-10(12(16)23-14-24-13(22)25-26(11)14)9-7(17)3-6(28(2)27)4-8(9)18/h3-5H,1-2H3,(H2,22,25). The smallest absolute Gasteiger partial charge is 0.366 e. The van der Waals surface area contributed by atoms with E-state index in [1.54, 1.807) is 0 Å². The van der Waals surface area contributed by atoms with Gasteiger partial charge in [0.15, 0.2) is 0 Å². The Morgan fingerprint density at radius 3 is 2.25 bits per heavy atom. The summed E-state index contributed by atoms with van der Waals surface area (Å²) < 4.78 is 81.9. The molecule has 2 atom stereocenters. The number of nitrogens with two attached hydrogens (primary N) is 1. The molecule has 28 heavy (non-hydrogen) atoms. The first-order valence-electron chi connectivity index (χ1n) is 7.53. The third kappa shape index (κ3) is 3.41. The van der Waals surface area contributed by atoms with E-state index in [0.717, 1.165) is 19.1 Å². The van der Waals surface area contributed by atoms with Crippen LogP contribution >= 0.6 is 11.6 Å². The van der Waals surface area contributed by atoms with Crippen LogP contribution in [0, 0.1) is 11.6 Å². The van der Waals surface area contributed by atoms with Crippen molar-refractivity contribution in [3.05, 3.63) is 34.6 Å². The maximum Gasteiger partial charge on any atom is 0.397 e. The minimum atomic E-state index is -4.80. The van der Waals surface area contributed by atoms with Crippen LogP contribution in [-0.4, -0.2) is 36.2 Å². The lowest BCUT2D eigenvalue weighted by Gasteiger charge is -2.21. The molecule has 13 heteroatoms. The maximum absolute atomic E-state index is 14.7. The predicted molar refractivity (Wildman–Crippen MR) is 92.4 cm³/mol. The molecule has 0 amide bonds. The average molecular weight is 440 g/mol. The van der Waals surface area contributed by atoms with Crippen molar-refractivity contribution in [3.63, 3.8) is 0 Å². The summed E-state index contributed by atoms with van der Waals surface area (Å²) in [7, 11) is -1.72. The van der Waals surface area contributed by atoms with Crippen molar-refractivity contribution in [2.75, 3.05) is 12.0 Å². The molecule has 3 aromatic rings. The molecule has 2 unspecified atom stereocenters. The minimum Gasteiger partial charge on any atom is -0.366 e. The molecule has 0 spiro atoms. The summed E-state index contributed by atoms with van der Waals surface area (Å²) in [5, 5.41) is 3.03. The molecule has 150 valence electrons. The third-order valence-electron chi connectivity index (χ3n) is 3.99. The first-order chi connectivity index (χ1) is 12.9. The number of benzene rings is 1. The molecule has 0 aliphatic carbocycles. The quantitative estimate of drug-likeness (QED) is 0.496. The Balaban J connectivity index is 2.45. The van der Waals surface area contributed by atoms with Gasteiger partial charge in [0.2, 0.25) is 5.95 Å². The molecule has 2 N–H and O–H groups in total. The van der Waals surface area contributed by atoms with Gasteiger partial charge in [-0.2, -0.15) is 27.7 Å². The van der Waals surface area contributed by atoms with E-state index in [4.69, 9.17) is 17.3 Å². The zero-order chi connectivity index (χ0) is 21.0. The zero-order valence-corrected chi connectivity index (χ0v) is 15.8. The van der Waals surface area contributed by atoms with E-state index in [-0.39, 0.29) is 10.7 Å². The van der Waals surface area contributed by atoms with E-state index >= 15 is 0 Å². The Kier molecular flexibility index (Phi) is 5.04. The summed E-state index contributed by atoms with van der Waals surface area (Å²) in [5.41, 5.74) is 3.25. The van der Waals surface area contributed by atoms with Crippen molar-refractivity contribution in [2.24, 2.45) is 0 Å². The van der Waals surface area contributed by atoms with Crippen molar-refractivity contribution in [2.45, 2.75) is 23.9 Å². The summed E-state index contributed by atoms with van der Waals surface area (Å²) in [4.78, 5) is 7.23. The van der Waals surface area contributed by atoms with Gasteiger partial charge in [-0.05, 0) is 19.1 Å². The van der Waals surface area contributed by atoms with Gasteiger partial charge in [0.1, 0.15) is 16.8 Å². The second kappa shape index (κ2) is 6.92. The lowest BCUT2D eigenvalue weighted by atomic mass is 9.96. The molecule has 0 radical (unpaired) electrons. The lowest BCUT2D eigenvalue weighted by molar-refractivity contribution is -0.147. The Labute approximate surface area is 162 Å². The zero-order valence-electron chi connectivity index (χ0n) is 14.2. The topological polar surface area (TPSA) is 86.2 Å². The second-order valence-electron chi connectivity index (χ2n) is 5.82. The Bertz CT molecular complexity index is 1090. The van der Waals surface area contributed by atoms with Gasteiger partial charge in [0.25, 0.3) is 5.78 Å². The van der Waals surface area contributed by atoms with E-state index < -0.39 is 62.5 Å².